The molecule has 0 spiro atoms. The van der Waals surface area contributed by atoms with Crippen LogP contribution < -0.4 is 0 Å². The zero-order valence-electron chi connectivity index (χ0n) is 12.3. The average Bonchev–Trinajstić information content (AvgIpc) is 2.30. The molecule has 3 heteroatoms. The Bertz CT molecular complexity index is 374. The largest absolute Gasteiger partial charge is 0.342 e. The molecule has 0 N–H and O–H groups in total. The first-order chi connectivity index (χ1) is 8.88. The van der Waals surface area contributed by atoms with Gasteiger partial charge in [0.05, 0.1) is 0 Å². The smallest absolute Gasteiger partial charge is 0.0349 e. The first-order valence-electron chi connectivity index (χ1n) is 6.31. The van der Waals surface area contributed by atoms with Crippen molar-refractivity contribution in [1.29, 1.82) is 0 Å². The SMILES string of the molecule is C=CC=CC(=C)N(CCCN(C)C)C(=C)C=C(C)Cl. The summed E-state index contributed by atoms with van der Waals surface area (Å²) in [5, 5.41) is 0.711. The van der Waals surface area contributed by atoms with Crippen molar-refractivity contribution in [3.63, 3.8) is 0 Å². The quantitative estimate of drug-likeness (QED) is 0.586. The summed E-state index contributed by atoms with van der Waals surface area (Å²) in [6.45, 7) is 15.5. The second kappa shape index (κ2) is 9.65. The van der Waals surface area contributed by atoms with Crippen LogP contribution in [-0.2, 0) is 0 Å². The van der Waals surface area contributed by atoms with E-state index in [0.29, 0.717) is 5.03 Å². The number of nitrogens with zero attached hydrogens (tertiary/aromatic N) is 2. The molecule has 0 aromatic rings. The highest BCUT2D eigenvalue weighted by atomic mass is 35.5. The van der Waals surface area contributed by atoms with E-state index in [9.17, 15) is 0 Å². The lowest BCUT2D eigenvalue weighted by Gasteiger charge is -2.26. The fourth-order valence-corrected chi connectivity index (χ4v) is 1.72. The number of rotatable bonds is 9. The zero-order chi connectivity index (χ0) is 14.8. The van der Waals surface area contributed by atoms with Crippen LogP contribution in [0.4, 0.5) is 0 Å². The molecular formula is C16H25ClN2. The van der Waals surface area contributed by atoms with E-state index in [1.54, 1.807) is 6.08 Å². The summed E-state index contributed by atoms with van der Waals surface area (Å²) in [5.41, 5.74) is 1.74. The Balaban J connectivity index is 4.77. The van der Waals surface area contributed by atoms with Crippen molar-refractivity contribution in [3.8, 4) is 0 Å². The zero-order valence-corrected chi connectivity index (χ0v) is 13.1. The molecule has 106 valence electrons. The standard InChI is InChI=1S/C16H25ClN2/c1-7-8-10-15(3)19(12-9-11-18(5)6)16(4)13-14(2)17/h7-8,10,13H,1,3-4,9,11-12H2,2,5-6H3. The van der Waals surface area contributed by atoms with E-state index in [-0.39, 0.29) is 0 Å². The first kappa shape index (κ1) is 17.8. The predicted molar refractivity (Wildman–Crippen MR) is 87.1 cm³/mol. The Morgan fingerprint density at radius 1 is 1.16 bits per heavy atom. The van der Waals surface area contributed by atoms with Crippen molar-refractivity contribution < 1.29 is 0 Å². The van der Waals surface area contributed by atoms with Gasteiger partial charge in [0.2, 0.25) is 0 Å². The summed E-state index contributed by atoms with van der Waals surface area (Å²) in [4.78, 5) is 4.22. The van der Waals surface area contributed by atoms with Gasteiger partial charge in [-0.25, -0.2) is 0 Å². The normalized spacial score (nSPS) is 11.9. The lowest BCUT2D eigenvalue weighted by Crippen LogP contribution is -2.24. The van der Waals surface area contributed by atoms with Gasteiger partial charge in [0.25, 0.3) is 0 Å². The predicted octanol–water partition coefficient (Wildman–Crippen LogP) is 4.15. The Hall–Kier alpha value is -1.25. The van der Waals surface area contributed by atoms with E-state index in [1.807, 2.05) is 25.2 Å². The third-order valence-electron chi connectivity index (χ3n) is 2.47. The van der Waals surface area contributed by atoms with Gasteiger partial charge in [-0.15, -0.1) is 0 Å². The van der Waals surface area contributed by atoms with Gasteiger partial charge >= 0.3 is 0 Å². The fourth-order valence-electron chi connectivity index (χ4n) is 1.59. The van der Waals surface area contributed by atoms with Crippen LogP contribution in [0.1, 0.15) is 13.3 Å². The van der Waals surface area contributed by atoms with Crippen LogP contribution in [0.3, 0.4) is 0 Å². The van der Waals surface area contributed by atoms with Gasteiger partial charge in [0, 0.05) is 23.0 Å². The molecule has 0 aromatic heterocycles. The van der Waals surface area contributed by atoms with Gasteiger partial charge in [0.1, 0.15) is 0 Å². The molecule has 0 aliphatic rings. The third kappa shape index (κ3) is 8.46. The molecular weight excluding hydrogens is 256 g/mol. The molecule has 2 nitrogen and oxygen atoms in total. The molecule has 0 radical (unpaired) electrons. The van der Waals surface area contributed by atoms with Gasteiger partial charge < -0.3 is 9.80 Å². The first-order valence-corrected chi connectivity index (χ1v) is 6.69. The van der Waals surface area contributed by atoms with Crippen LogP contribution in [-0.4, -0.2) is 37.0 Å². The summed E-state index contributed by atoms with van der Waals surface area (Å²) in [6.07, 6.45) is 8.40. The molecule has 0 aromatic carbocycles. The Morgan fingerprint density at radius 2 is 1.79 bits per heavy atom. The van der Waals surface area contributed by atoms with Crippen molar-refractivity contribution >= 4 is 11.6 Å². The molecule has 0 bridgehead atoms. The minimum absolute atomic E-state index is 0.711. The Morgan fingerprint density at radius 3 is 2.26 bits per heavy atom. The van der Waals surface area contributed by atoms with E-state index >= 15 is 0 Å². The second-order valence-corrected chi connectivity index (χ2v) is 5.21. The third-order valence-corrected chi connectivity index (χ3v) is 2.58. The monoisotopic (exact) mass is 280 g/mol. The maximum atomic E-state index is 5.91. The van der Waals surface area contributed by atoms with E-state index in [0.717, 1.165) is 30.9 Å². The van der Waals surface area contributed by atoms with Gasteiger partial charge in [0.15, 0.2) is 0 Å². The maximum Gasteiger partial charge on any atom is 0.0349 e. The number of hydrogen-bond donors (Lipinski definition) is 0. The molecule has 0 saturated carbocycles. The van der Waals surface area contributed by atoms with Crippen LogP contribution in [0.25, 0.3) is 0 Å². The highest BCUT2D eigenvalue weighted by Crippen LogP contribution is 2.16. The van der Waals surface area contributed by atoms with Crippen molar-refractivity contribution in [2.45, 2.75) is 13.3 Å². The topological polar surface area (TPSA) is 6.48 Å². The summed E-state index contributed by atoms with van der Waals surface area (Å²) in [5.74, 6) is 0. The molecule has 0 aliphatic carbocycles. The van der Waals surface area contributed by atoms with Gasteiger partial charge in [-0.3, -0.25) is 0 Å². The molecule has 0 unspecified atom stereocenters. The molecule has 0 rings (SSSR count). The van der Waals surface area contributed by atoms with Crippen molar-refractivity contribution in [1.82, 2.24) is 9.80 Å². The van der Waals surface area contributed by atoms with Gasteiger partial charge in [-0.05, 0) is 46.1 Å². The van der Waals surface area contributed by atoms with Crippen molar-refractivity contribution in [2.75, 3.05) is 27.2 Å². The molecule has 0 amide bonds. The van der Waals surface area contributed by atoms with Crippen LogP contribution >= 0.6 is 11.6 Å². The Kier molecular flexibility index (Phi) is 9.02. The number of halogens is 1. The summed E-state index contributed by atoms with van der Waals surface area (Å²) in [7, 11) is 4.13. The molecule has 0 atom stereocenters. The van der Waals surface area contributed by atoms with Crippen LogP contribution in [0.5, 0.6) is 0 Å². The van der Waals surface area contributed by atoms with E-state index in [1.165, 1.54) is 0 Å². The van der Waals surface area contributed by atoms with Crippen molar-refractivity contribution in [2.24, 2.45) is 0 Å². The molecule has 19 heavy (non-hydrogen) atoms. The lowest BCUT2D eigenvalue weighted by molar-refractivity contribution is 0.358. The van der Waals surface area contributed by atoms with Gasteiger partial charge in [-0.1, -0.05) is 43.5 Å². The average molecular weight is 281 g/mol. The van der Waals surface area contributed by atoms with Crippen LogP contribution in [0, 0.1) is 0 Å². The minimum Gasteiger partial charge on any atom is -0.342 e. The van der Waals surface area contributed by atoms with Gasteiger partial charge in [-0.2, -0.15) is 0 Å². The minimum atomic E-state index is 0.711. The van der Waals surface area contributed by atoms with Crippen LogP contribution in [0.2, 0.25) is 0 Å². The van der Waals surface area contributed by atoms with E-state index in [4.69, 9.17) is 11.6 Å². The summed E-state index contributed by atoms with van der Waals surface area (Å²) in [6, 6.07) is 0. The van der Waals surface area contributed by atoms with Crippen molar-refractivity contribution in [3.05, 3.63) is 60.5 Å². The van der Waals surface area contributed by atoms with Crippen LogP contribution in [0.15, 0.2) is 60.5 Å². The molecule has 0 saturated heterocycles. The second-order valence-electron chi connectivity index (χ2n) is 4.62. The van der Waals surface area contributed by atoms with E-state index < -0.39 is 0 Å². The highest BCUT2D eigenvalue weighted by Gasteiger charge is 2.08. The number of hydrogen-bond acceptors (Lipinski definition) is 2. The number of allylic oxidation sites excluding steroid dienone is 5. The summed E-state index contributed by atoms with van der Waals surface area (Å²) < 4.78 is 0. The molecule has 0 heterocycles. The summed E-state index contributed by atoms with van der Waals surface area (Å²) >= 11 is 5.91. The lowest BCUT2D eigenvalue weighted by atomic mass is 10.2. The maximum absolute atomic E-state index is 5.91. The fraction of sp³-hybridized carbons (Fsp3) is 0.375. The van der Waals surface area contributed by atoms with E-state index in [2.05, 4.69) is 43.6 Å². The Labute approximate surface area is 123 Å². The molecule has 0 fully saturated rings. The molecule has 0 aliphatic heterocycles. The highest BCUT2D eigenvalue weighted by molar-refractivity contribution is 6.29.